The number of rotatable bonds is 6. The number of ether oxygens (including phenoxy) is 2. The maximum atomic E-state index is 5.89. The van der Waals surface area contributed by atoms with Crippen LogP contribution >= 0.6 is 39.9 Å². The summed E-state index contributed by atoms with van der Waals surface area (Å²) in [5.41, 5.74) is 6.89. The van der Waals surface area contributed by atoms with Gasteiger partial charge in [-0.3, -0.25) is 0 Å². The van der Waals surface area contributed by atoms with Gasteiger partial charge in [-0.2, -0.15) is 0 Å². The molecule has 2 rings (SSSR count). The van der Waals surface area contributed by atoms with E-state index < -0.39 is 0 Å². The molecular formula is C15H23BrIN3O2. The molecule has 1 aliphatic rings. The van der Waals surface area contributed by atoms with Crippen molar-refractivity contribution in [2.45, 2.75) is 25.8 Å². The van der Waals surface area contributed by atoms with E-state index in [4.69, 9.17) is 15.2 Å². The van der Waals surface area contributed by atoms with E-state index in [1.165, 1.54) is 19.3 Å². The summed E-state index contributed by atoms with van der Waals surface area (Å²) in [5.74, 6) is 2.62. The molecule has 5 nitrogen and oxygen atoms in total. The quantitative estimate of drug-likeness (QED) is 0.370. The van der Waals surface area contributed by atoms with E-state index in [1.807, 2.05) is 12.1 Å². The van der Waals surface area contributed by atoms with Crippen LogP contribution in [0, 0.1) is 5.92 Å². The lowest BCUT2D eigenvalue weighted by Crippen LogP contribution is -2.37. The van der Waals surface area contributed by atoms with Gasteiger partial charge in [-0.25, -0.2) is 4.99 Å². The van der Waals surface area contributed by atoms with Crippen LogP contribution in [0.2, 0.25) is 0 Å². The van der Waals surface area contributed by atoms with Gasteiger partial charge in [0.25, 0.3) is 0 Å². The molecule has 0 saturated heterocycles. The van der Waals surface area contributed by atoms with Crippen molar-refractivity contribution < 1.29 is 9.47 Å². The van der Waals surface area contributed by atoms with Gasteiger partial charge in [0, 0.05) is 11.0 Å². The molecule has 1 aromatic carbocycles. The number of benzene rings is 1. The topological polar surface area (TPSA) is 68.9 Å². The minimum atomic E-state index is 0. The van der Waals surface area contributed by atoms with Crippen molar-refractivity contribution in [1.29, 1.82) is 0 Å². The van der Waals surface area contributed by atoms with Crippen LogP contribution < -0.4 is 20.5 Å². The van der Waals surface area contributed by atoms with Gasteiger partial charge in [0.1, 0.15) is 0 Å². The van der Waals surface area contributed by atoms with Crippen molar-refractivity contribution in [2.75, 3.05) is 20.8 Å². The molecule has 3 N–H and O–H groups in total. The maximum Gasteiger partial charge on any atom is 0.188 e. The van der Waals surface area contributed by atoms with E-state index in [2.05, 4.69) is 26.2 Å². The minimum Gasteiger partial charge on any atom is -0.493 e. The second-order valence-electron chi connectivity index (χ2n) is 5.18. The molecule has 0 unspecified atom stereocenters. The van der Waals surface area contributed by atoms with E-state index in [1.54, 1.807) is 14.2 Å². The molecule has 0 aliphatic heterocycles. The zero-order valence-electron chi connectivity index (χ0n) is 12.9. The predicted octanol–water partition coefficient (Wildman–Crippen LogP) is 3.29. The minimum absolute atomic E-state index is 0. The number of hydrogen-bond acceptors (Lipinski definition) is 3. The lowest BCUT2D eigenvalue weighted by Gasteiger charge is -2.25. The third-order valence-corrected chi connectivity index (χ3v) is 4.51. The van der Waals surface area contributed by atoms with Crippen molar-refractivity contribution >= 4 is 45.9 Å². The number of halogens is 2. The summed E-state index contributed by atoms with van der Waals surface area (Å²) in [6.07, 6.45) is 3.92. The summed E-state index contributed by atoms with van der Waals surface area (Å²) in [5, 5.41) is 3.18. The lowest BCUT2D eigenvalue weighted by atomic mass is 9.85. The van der Waals surface area contributed by atoms with E-state index in [9.17, 15) is 0 Å². The number of nitrogens with two attached hydrogens (primary N) is 1. The zero-order chi connectivity index (χ0) is 15.2. The fourth-order valence-corrected chi connectivity index (χ4v) is 2.64. The highest BCUT2D eigenvalue weighted by Crippen LogP contribution is 2.33. The molecule has 1 saturated carbocycles. The lowest BCUT2D eigenvalue weighted by molar-refractivity contribution is 0.315. The molecule has 0 heterocycles. The largest absolute Gasteiger partial charge is 0.493 e. The van der Waals surface area contributed by atoms with Gasteiger partial charge in [-0.05, 0) is 36.5 Å². The molecule has 7 heteroatoms. The normalized spacial score (nSPS) is 14.8. The molecule has 1 fully saturated rings. The maximum absolute atomic E-state index is 5.89. The van der Waals surface area contributed by atoms with Crippen LogP contribution in [-0.2, 0) is 6.54 Å². The SMILES string of the molecule is COc1cc(Br)c(CN=C(N)NCC2CCC2)cc1OC.I. The molecule has 0 radical (unpaired) electrons. The van der Waals surface area contributed by atoms with Gasteiger partial charge in [-0.15, -0.1) is 24.0 Å². The Morgan fingerprint density at radius 3 is 2.50 bits per heavy atom. The van der Waals surface area contributed by atoms with E-state index in [0.717, 1.165) is 22.5 Å². The monoisotopic (exact) mass is 483 g/mol. The third-order valence-electron chi connectivity index (χ3n) is 3.77. The first-order chi connectivity index (χ1) is 10.1. The first-order valence-electron chi connectivity index (χ1n) is 7.08. The average Bonchev–Trinajstić information content (AvgIpc) is 2.43. The Kier molecular flexibility index (Phi) is 8.30. The fourth-order valence-electron chi connectivity index (χ4n) is 2.19. The van der Waals surface area contributed by atoms with Crippen molar-refractivity contribution in [2.24, 2.45) is 16.6 Å². The Balaban J connectivity index is 0.00000242. The van der Waals surface area contributed by atoms with Crippen LogP contribution in [0.5, 0.6) is 11.5 Å². The van der Waals surface area contributed by atoms with Crippen molar-refractivity contribution in [3.63, 3.8) is 0 Å². The molecule has 0 amide bonds. The standard InChI is InChI=1S/C15H22BrN3O2.HI/c1-20-13-6-11(12(16)7-14(13)21-2)9-19-15(17)18-8-10-4-3-5-10;/h6-7,10H,3-5,8-9H2,1-2H3,(H3,17,18,19);1H. The molecule has 1 aliphatic carbocycles. The fraction of sp³-hybridized carbons (Fsp3) is 0.533. The van der Waals surface area contributed by atoms with Crippen LogP contribution in [0.3, 0.4) is 0 Å². The number of guanidine groups is 1. The molecule has 0 spiro atoms. The van der Waals surface area contributed by atoms with E-state index in [-0.39, 0.29) is 24.0 Å². The third kappa shape index (κ3) is 5.19. The number of hydrogen-bond donors (Lipinski definition) is 2. The second kappa shape index (κ2) is 9.44. The summed E-state index contributed by atoms with van der Waals surface area (Å²) >= 11 is 3.52. The van der Waals surface area contributed by atoms with E-state index in [0.29, 0.717) is 24.0 Å². The van der Waals surface area contributed by atoms with Crippen LogP contribution in [0.4, 0.5) is 0 Å². The zero-order valence-corrected chi connectivity index (χ0v) is 16.8. The molecule has 1 aromatic rings. The molecule has 0 aromatic heterocycles. The summed E-state index contributed by atoms with van der Waals surface area (Å²) in [4.78, 5) is 4.37. The number of aliphatic imine (C=N–C) groups is 1. The molecule has 22 heavy (non-hydrogen) atoms. The summed E-state index contributed by atoms with van der Waals surface area (Å²) < 4.78 is 11.5. The van der Waals surface area contributed by atoms with E-state index >= 15 is 0 Å². The Morgan fingerprint density at radius 2 is 1.95 bits per heavy atom. The molecule has 0 atom stereocenters. The van der Waals surface area contributed by atoms with Crippen molar-refractivity contribution in [3.05, 3.63) is 22.2 Å². The molecular weight excluding hydrogens is 461 g/mol. The Morgan fingerprint density at radius 1 is 1.32 bits per heavy atom. The van der Waals surface area contributed by atoms with Gasteiger partial charge in [0.05, 0.1) is 20.8 Å². The van der Waals surface area contributed by atoms with Gasteiger partial charge < -0.3 is 20.5 Å². The first kappa shape index (κ1) is 19.3. The Labute approximate surface area is 157 Å². The van der Waals surface area contributed by atoms with Crippen LogP contribution in [0.25, 0.3) is 0 Å². The summed E-state index contributed by atoms with van der Waals surface area (Å²) in [7, 11) is 3.23. The molecule has 124 valence electrons. The molecule has 0 bridgehead atoms. The van der Waals surface area contributed by atoms with Crippen molar-refractivity contribution in [3.8, 4) is 11.5 Å². The van der Waals surface area contributed by atoms with Crippen LogP contribution in [0.15, 0.2) is 21.6 Å². The highest BCUT2D eigenvalue weighted by Gasteiger charge is 2.16. The van der Waals surface area contributed by atoms with Gasteiger partial charge in [0.15, 0.2) is 17.5 Å². The van der Waals surface area contributed by atoms with Crippen LogP contribution in [-0.4, -0.2) is 26.7 Å². The first-order valence-corrected chi connectivity index (χ1v) is 7.87. The average molecular weight is 484 g/mol. The predicted molar refractivity (Wildman–Crippen MR) is 103 cm³/mol. The highest BCUT2D eigenvalue weighted by atomic mass is 127. The number of methoxy groups -OCH3 is 2. The van der Waals surface area contributed by atoms with Crippen LogP contribution in [0.1, 0.15) is 24.8 Å². The smallest absolute Gasteiger partial charge is 0.188 e. The highest BCUT2D eigenvalue weighted by molar-refractivity contribution is 14.0. The number of nitrogens with zero attached hydrogens (tertiary/aromatic N) is 1. The van der Waals surface area contributed by atoms with Gasteiger partial charge in [0.2, 0.25) is 0 Å². The van der Waals surface area contributed by atoms with Gasteiger partial charge >= 0.3 is 0 Å². The second-order valence-corrected chi connectivity index (χ2v) is 6.03. The Hall–Kier alpha value is -0.700. The summed E-state index contributed by atoms with van der Waals surface area (Å²) in [6, 6.07) is 3.79. The number of nitrogens with one attached hydrogen (secondary N) is 1. The summed E-state index contributed by atoms with van der Waals surface area (Å²) in [6.45, 7) is 1.41. The van der Waals surface area contributed by atoms with Gasteiger partial charge in [-0.1, -0.05) is 22.4 Å². The van der Waals surface area contributed by atoms with Crippen molar-refractivity contribution in [1.82, 2.24) is 5.32 Å². The Bertz CT molecular complexity index is 522.